The maximum atomic E-state index is 14.5. The summed E-state index contributed by atoms with van der Waals surface area (Å²) in [6.45, 7) is 4.39. The molecule has 1 spiro atoms. The van der Waals surface area contributed by atoms with E-state index in [9.17, 15) is 19.5 Å². The molecule has 1 N–H and O–H groups in total. The molecule has 0 aromatic heterocycles. The predicted octanol–water partition coefficient (Wildman–Crippen LogP) is 4.23. The number of rotatable bonds is 5. The van der Waals surface area contributed by atoms with Crippen LogP contribution in [0.4, 0.5) is 5.69 Å². The number of allylic oxidation sites excluding steroid dienone is 1. The summed E-state index contributed by atoms with van der Waals surface area (Å²) >= 11 is 7.64. The quantitative estimate of drug-likeness (QED) is 0.430. The Morgan fingerprint density at radius 2 is 1.92 bits per heavy atom. The first-order chi connectivity index (χ1) is 18.3. The highest BCUT2D eigenvalue weighted by Crippen LogP contribution is 2.61. The van der Waals surface area contributed by atoms with Gasteiger partial charge in [0.2, 0.25) is 5.91 Å². The van der Waals surface area contributed by atoms with Crippen LogP contribution in [0.25, 0.3) is 0 Å². The summed E-state index contributed by atoms with van der Waals surface area (Å²) in [4.78, 5) is 45.7. The van der Waals surface area contributed by atoms with E-state index in [1.165, 1.54) is 11.8 Å². The molecule has 5 rings (SSSR count). The second-order valence-electron chi connectivity index (χ2n) is 10.6. The Hall–Kier alpha value is -2.29. The van der Waals surface area contributed by atoms with E-state index in [-0.39, 0.29) is 35.6 Å². The van der Waals surface area contributed by atoms with Gasteiger partial charge in [-0.25, -0.2) is 0 Å². The predicted molar refractivity (Wildman–Crippen MR) is 149 cm³/mol. The van der Waals surface area contributed by atoms with Gasteiger partial charge in [0.05, 0.1) is 35.8 Å². The molecule has 1 aromatic carbocycles. The number of aliphatic hydroxyl groups excluding tert-OH is 1. The van der Waals surface area contributed by atoms with Gasteiger partial charge in [0.25, 0.3) is 5.91 Å². The Balaban J connectivity index is 1.65. The number of amides is 2. The monoisotopic (exact) mass is 558 g/mol. The molecule has 0 bridgehead atoms. The molecule has 0 saturated carbocycles. The van der Waals surface area contributed by atoms with Crippen molar-refractivity contribution in [3.05, 3.63) is 53.6 Å². The standard InChI is InChI=1S/C29H35ClN2O5S/c1-3-18(2)21(17-33)32-25-27(35)31(20-12-10-19(30)11-13-20)15-8-14-29(25)24(26(32)34)23-22(38-29)9-6-4-5-7-16-37-28(23)36/h6,8-14,18,21-25,33H,3-5,7,15-17H2,1-2H3/b9-6-/t18-,21-,22+,23-,24-,25?,29-/m0/s1. The van der Waals surface area contributed by atoms with E-state index in [2.05, 4.69) is 6.08 Å². The highest BCUT2D eigenvalue weighted by molar-refractivity contribution is 8.02. The Bertz CT molecular complexity index is 1140. The fourth-order valence-corrected chi connectivity index (χ4v) is 8.49. The van der Waals surface area contributed by atoms with Gasteiger partial charge in [-0.3, -0.25) is 14.4 Å². The zero-order valence-corrected chi connectivity index (χ0v) is 23.4. The van der Waals surface area contributed by atoms with Crippen molar-refractivity contribution in [2.24, 2.45) is 17.8 Å². The van der Waals surface area contributed by atoms with E-state index in [0.29, 0.717) is 23.9 Å². The number of esters is 1. The number of halogens is 1. The van der Waals surface area contributed by atoms with Crippen molar-refractivity contribution in [3.8, 4) is 0 Å². The summed E-state index contributed by atoms with van der Waals surface area (Å²) in [7, 11) is 0. The summed E-state index contributed by atoms with van der Waals surface area (Å²) < 4.78 is 4.72. The summed E-state index contributed by atoms with van der Waals surface area (Å²) in [5, 5.41) is 10.8. The van der Waals surface area contributed by atoms with E-state index in [1.54, 1.807) is 34.1 Å². The van der Waals surface area contributed by atoms with Crippen molar-refractivity contribution in [3.63, 3.8) is 0 Å². The van der Waals surface area contributed by atoms with Crippen molar-refractivity contribution in [2.45, 2.75) is 61.6 Å². The van der Waals surface area contributed by atoms with Crippen LogP contribution in [0.15, 0.2) is 48.6 Å². The molecule has 4 aliphatic rings. The van der Waals surface area contributed by atoms with Crippen LogP contribution in [0, 0.1) is 17.8 Å². The Morgan fingerprint density at radius 3 is 2.63 bits per heavy atom. The topological polar surface area (TPSA) is 87.2 Å². The van der Waals surface area contributed by atoms with Crippen molar-refractivity contribution >= 4 is 46.8 Å². The van der Waals surface area contributed by atoms with Crippen LogP contribution in [-0.4, -0.2) is 69.6 Å². The Kier molecular flexibility index (Phi) is 7.94. The molecule has 9 heteroatoms. The number of thioether (sulfide) groups is 1. The number of hydrogen-bond donors (Lipinski definition) is 1. The van der Waals surface area contributed by atoms with Crippen LogP contribution >= 0.6 is 23.4 Å². The van der Waals surface area contributed by atoms with Crippen LogP contribution in [0.1, 0.15) is 39.5 Å². The zero-order chi connectivity index (χ0) is 27.0. The molecule has 0 aliphatic carbocycles. The number of hydrogen-bond acceptors (Lipinski definition) is 6. The van der Waals surface area contributed by atoms with Gasteiger partial charge < -0.3 is 19.6 Å². The maximum absolute atomic E-state index is 14.5. The number of carbonyl (C=O) groups is 3. The lowest BCUT2D eigenvalue weighted by molar-refractivity contribution is -0.153. The van der Waals surface area contributed by atoms with Gasteiger partial charge in [0, 0.05) is 22.5 Å². The average molecular weight is 559 g/mol. The molecular weight excluding hydrogens is 524 g/mol. The number of aliphatic hydroxyl groups is 1. The normalized spacial score (nSPS) is 33.6. The highest BCUT2D eigenvalue weighted by atomic mass is 35.5. The number of fused-ring (bicyclic) bond motifs is 2. The number of ether oxygens (including phenoxy) is 1. The molecular formula is C29H35ClN2O5S. The lowest BCUT2D eigenvalue weighted by Crippen LogP contribution is -2.58. The zero-order valence-electron chi connectivity index (χ0n) is 21.8. The summed E-state index contributed by atoms with van der Waals surface area (Å²) in [6, 6.07) is 5.65. The van der Waals surface area contributed by atoms with E-state index in [0.717, 1.165) is 25.7 Å². The molecule has 0 radical (unpaired) electrons. The molecule has 7 atom stereocenters. The minimum atomic E-state index is -0.955. The van der Waals surface area contributed by atoms with Gasteiger partial charge in [0.15, 0.2) is 0 Å². The summed E-state index contributed by atoms with van der Waals surface area (Å²) in [6.07, 6.45) is 11.4. The maximum Gasteiger partial charge on any atom is 0.311 e. The summed E-state index contributed by atoms with van der Waals surface area (Å²) in [5.41, 5.74) is 0.683. The minimum Gasteiger partial charge on any atom is -0.465 e. The fourth-order valence-electron chi connectivity index (χ4n) is 6.38. The first kappa shape index (κ1) is 27.3. The number of carbonyl (C=O) groups excluding carboxylic acids is 3. The number of cyclic esters (lactones) is 1. The fraction of sp³-hybridized carbons (Fsp3) is 0.552. The second kappa shape index (κ2) is 11.1. The molecule has 1 aromatic rings. The van der Waals surface area contributed by atoms with Crippen molar-refractivity contribution < 1.29 is 24.2 Å². The lowest BCUT2D eigenvalue weighted by atomic mass is 9.78. The smallest absolute Gasteiger partial charge is 0.311 e. The Morgan fingerprint density at radius 1 is 1.16 bits per heavy atom. The van der Waals surface area contributed by atoms with Crippen LogP contribution in [0.5, 0.6) is 0 Å². The van der Waals surface area contributed by atoms with E-state index in [4.69, 9.17) is 16.3 Å². The molecule has 7 nitrogen and oxygen atoms in total. The Labute approximate surface area is 233 Å². The number of benzene rings is 1. The summed E-state index contributed by atoms with van der Waals surface area (Å²) in [5.74, 6) is -2.36. The third kappa shape index (κ3) is 4.48. The van der Waals surface area contributed by atoms with Gasteiger partial charge in [-0.2, -0.15) is 0 Å². The number of nitrogens with zero attached hydrogens (tertiary/aromatic N) is 2. The van der Waals surface area contributed by atoms with Crippen LogP contribution in [-0.2, 0) is 19.1 Å². The molecule has 4 aliphatic heterocycles. The largest absolute Gasteiger partial charge is 0.465 e. The second-order valence-corrected chi connectivity index (χ2v) is 12.6. The van der Waals surface area contributed by atoms with E-state index >= 15 is 0 Å². The number of anilines is 1. The van der Waals surface area contributed by atoms with Crippen molar-refractivity contribution in [1.82, 2.24) is 4.90 Å². The van der Waals surface area contributed by atoms with Crippen LogP contribution in [0.3, 0.4) is 0 Å². The third-order valence-corrected chi connectivity index (χ3v) is 10.5. The SMILES string of the molecule is CC[C@H](C)[C@H](CO)N1C(=O)[C@@H]2[C@H]3C(=O)OCCCC/C=C\[C@H]3S[C@@]23C=CCN(c2ccc(Cl)cc2)C(=O)C13. The van der Waals surface area contributed by atoms with Gasteiger partial charge in [-0.15, -0.1) is 11.8 Å². The molecule has 38 heavy (non-hydrogen) atoms. The van der Waals surface area contributed by atoms with Gasteiger partial charge in [-0.1, -0.05) is 56.2 Å². The third-order valence-electron chi connectivity index (χ3n) is 8.52. The highest BCUT2D eigenvalue weighted by Gasteiger charge is 2.72. The van der Waals surface area contributed by atoms with Gasteiger partial charge in [-0.05, 0) is 49.4 Å². The van der Waals surface area contributed by atoms with Crippen molar-refractivity contribution in [2.75, 3.05) is 24.7 Å². The molecule has 204 valence electrons. The average Bonchev–Trinajstić information content (AvgIpc) is 3.30. The van der Waals surface area contributed by atoms with Crippen molar-refractivity contribution in [1.29, 1.82) is 0 Å². The molecule has 1 unspecified atom stereocenters. The molecule has 2 amide bonds. The molecule has 4 heterocycles. The van der Waals surface area contributed by atoms with E-state index < -0.39 is 28.7 Å². The van der Waals surface area contributed by atoms with Crippen LogP contribution < -0.4 is 4.90 Å². The van der Waals surface area contributed by atoms with Gasteiger partial charge in [0.1, 0.15) is 6.04 Å². The molecule has 2 saturated heterocycles. The van der Waals surface area contributed by atoms with Gasteiger partial charge >= 0.3 is 5.97 Å². The molecule has 2 fully saturated rings. The first-order valence-electron chi connectivity index (χ1n) is 13.5. The van der Waals surface area contributed by atoms with Crippen LogP contribution in [0.2, 0.25) is 5.02 Å². The first-order valence-corrected chi connectivity index (χ1v) is 14.8. The minimum absolute atomic E-state index is 0.0412. The lowest BCUT2D eigenvalue weighted by Gasteiger charge is -2.40. The van der Waals surface area contributed by atoms with E-state index in [1.807, 2.05) is 32.1 Å². The number of likely N-dealkylation sites (tertiary alicyclic amines) is 1.